The Balaban J connectivity index is 2.66. The van der Waals surface area contributed by atoms with Gasteiger partial charge in [-0.05, 0) is 0 Å². The standard InChI is InChI=1S/C18H23Si.CH3.Zr/c1-11-7-13(3)17(14(4)8-11)19-18-15(5)9-12(2)10-16(18)6;;/h7-10,19H,1-6H3;1H3;. The molecule has 0 N–H and O–H groups in total. The molecule has 0 unspecified atom stereocenters. The van der Waals surface area contributed by atoms with E-state index in [0.717, 1.165) is 0 Å². The van der Waals surface area contributed by atoms with Gasteiger partial charge in [0.25, 0.3) is 0 Å². The fraction of sp³-hybridized carbons (Fsp3) is 0.368. The van der Waals surface area contributed by atoms with Crippen LogP contribution < -0.4 is 10.4 Å². The SMILES string of the molecule is [CH3][Zr][SiH](c1c(C)cc(C)cc1C)c1c(C)cc(C)cc1C. The maximum atomic E-state index is 2.54. The fourth-order valence-corrected chi connectivity index (χ4v) is 17.7. The van der Waals surface area contributed by atoms with E-state index in [-0.39, 0.29) is 22.4 Å². The van der Waals surface area contributed by atoms with Crippen LogP contribution in [0.25, 0.3) is 0 Å². The Labute approximate surface area is 142 Å². The first-order valence-electron chi connectivity index (χ1n) is 7.68. The van der Waals surface area contributed by atoms with Crippen LogP contribution in [-0.2, 0) is 22.4 Å². The Morgan fingerprint density at radius 1 is 0.619 bits per heavy atom. The molecule has 2 heteroatoms. The molecule has 0 heterocycles. The van der Waals surface area contributed by atoms with E-state index in [1.54, 1.807) is 10.4 Å². The Bertz CT molecular complexity index is 570. The minimum absolute atomic E-state index is 0.337. The predicted molar refractivity (Wildman–Crippen MR) is 93.6 cm³/mol. The summed E-state index contributed by atoms with van der Waals surface area (Å²) < 4.78 is 2.54. The number of rotatable bonds is 3. The van der Waals surface area contributed by atoms with Gasteiger partial charge in [0.1, 0.15) is 0 Å². The van der Waals surface area contributed by atoms with Crippen LogP contribution in [-0.4, -0.2) is 5.92 Å². The Morgan fingerprint density at radius 2 is 0.905 bits per heavy atom. The van der Waals surface area contributed by atoms with Crippen LogP contribution in [0.5, 0.6) is 0 Å². The summed E-state index contributed by atoms with van der Waals surface area (Å²) in [5, 5.41) is 3.48. The molecule has 0 bridgehead atoms. The van der Waals surface area contributed by atoms with Crippen molar-refractivity contribution in [2.45, 2.75) is 46.2 Å². The zero-order chi connectivity index (χ0) is 15.7. The molecule has 21 heavy (non-hydrogen) atoms. The van der Waals surface area contributed by atoms with Gasteiger partial charge in [-0.15, -0.1) is 0 Å². The van der Waals surface area contributed by atoms with Gasteiger partial charge in [-0.3, -0.25) is 0 Å². The van der Waals surface area contributed by atoms with Crippen molar-refractivity contribution in [3.63, 3.8) is 0 Å². The third-order valence-corrected chi connectivity index (χ3v) is 16.4. The number of hydrogen-bond acceptors (Lipinski definition) is 0. The molecular formula is C19H26SiZr. The summed E-state index contributed by atoms with van der Waals surface area (Å²) >= 11 is -0.337. The first kappa shape index (κ1) is 16.9. The van der Waals surface area contributed by atoms with Crippen molar-refractivity contribution in [1.82, 2.24) is 0 Å². The molecule has 0 aliphatic heterocycles. The van der Waals surface area contributed by atoms with Crippen LogP contribution in [0.4, 0.5) is 0 Å². The summed E-state index contributed by atoms with van der Waals surface area (Å²) in [5.74, 6) is -0.958. The van der Waals surface area contributed by atoms with Crippen molar-refractivity contribution in [3.05, 3.63) is 57.6 Å². The van der Waals surface area contributed by atoms with Crippen LogP contribution in [0.15, 0.2) is 24.3 Å². The van der Waals surface area contributed by atoms with E-state index in [4.69, 9.17) is 0 Å². The van der Waals surface area contributed by atoms with Crippen molar-refractivity contribution >= 4 is 16.3 Å². The first-order chi connectivity index (χ1) is 9.85. The number of aryl methyl sites for hydroxylation is 6. The van der Waals surface area contributed by atoms with Crippen molar-refractivity contribution in [2.24, 2.45) is 0 Å². The summed E-state index contributed by atoms with van der Waals surface area (Å²) in [5.41, 5.74) is 8.94. The maximum absolute atomic E-state index is 2.54. The molecule has 0 aromatic heterocycles. The average molecular weight is 374 g/mol. The van der Waals surface area contributed by atoms with Gasteiger partial charge in [-0.2, -0.15) is 0 Å². The van der Waals surface area contributed by atoms with Gasteiger partial charge in [-0.25, -0.2) is 0 Å². The number of benzene rings is 2. The third-order valence-electron chi connectivity index (χ3n) is 4.34. The minimum atomic E-state index is -0.958. The molecule has 110 valence electrons. The van der Waals surface area contributed by atoms with Crippen molar-refractivity contribution in [3.8, 4) is 0 Å². The van der Waals surface area contributed by atoms with Crippen LogP contribution in [0.3, 0.4) is 0 Å². The van der Waals surface area contributed by atoms with Crippen molar-refractivity contribution < 1.29 is 22.4 Å². The molecule has 0 fully saturated rings. The van der Waals surface area contributed by atoms with E-state index in [9.17, 15) is 0 Å². The predicted octanol–water partition coefficient (Wildman–Crippen LogP) is 3.51. The molecule has 2 aromatic carbocycles. The van der Waals surface area contributed by atoms with Crippen LogP contribution in [0, 0.1) is 41.5 Å². The Kier molecular flexibility index (Phi) is 5.43. The van der Waals surface area contributed by atoms with E-state index in [2.05, 4.69) is 70.4 Å². The van der Waals surface area contributed by atoms with E-state index >= 15 is 0 Å². The topological polar surface area (TPSA) is 0 Å². The fourth-order valence-electron chi connectivity index (χ4n) is 3.73. The summed E-state index contributed by atoms with van der Waals surface area (Å²) in [7, 11) is 0. The molecule has 0 saturated heterocycles. The second kappa shape index (κ2) is 6.75. The zero-order valence-corrected chi connectivity index (χ0v) is 18.0. The summed E-state index contributed by atoms with van der Waals surface area (Å²) in [6.45, 7) is 13.7. The van der Waals surface area contributed by atoms with Crippen LogP contribution in [0.2, 0.25) is 4.63 Å². The Hall–Kier alpha value is -0.460. The summed E-state index contributed by atoms with van der Waals surface area (Å²) in [4.78, 5) is 0. The zero-order valence-electron chi connectivity index (χ0n) is 14.4. The Morgan fingerprint density at radius 3 is 1.14 bits per heavy atom. The van der Waals surface area contributed by atoms with Crippen molar-refractivity contribution in [1.29, 1.82) is 0 Å². The molecular weight excluding hydrogens is 348 g/mol. The second-order valence-electron chi connectivity index (χ2n) is 6.35. The van der Waals surface area contributed by atoms with Gasteiger partial charge >= 0.3 is 143 Å². The van der Waals surface area contributed by atoms with E-state index < -0.39 is 5.92 Å². The molecule has 2 aromatic rings. The van der Waals surface area contributed by atoms with Gasteiger partial charge in [0.2, 0.25) is 0 Å². The quantitative estimate of drug-likeness (QED) is 0.722. The van der Waals surface area contributed by atoms with E-state index in [1.807, 2.05) is 0 Å². The van der Waals surface area contributed by atoms with Crippen LogP contribution >= 0.6 is 0 Å². The molecule has 0 aliphatic rings. The molecule has 0 amide bonds. The van der Waals surface area contributed by atoms with E-state index in [1.165, 1.54) is 33.4 Å². The van der Waals surface area contributed by atoms with Gasteiger partial charge in [-0.1, -0.05) is 0 Å². The van der Waals surface area contributed by atoms with E-state index in [0.29, 0.717) is 0 Å². The third kappa shape index (κ3) is 3.48. The summed E-state index contributed by atoms with van der Waals surface area (Å²) in [6, 6.07) is 9.54. The molecule has 0 spiro atoms. The van der Waals surface area contributed by atoms with Gasteiger partial charge < -0.3 is 0 Å². The van der Waals surface area contributed by atoms with Gasteiger partial charge in [0.05, 0.1) is 0 Å². The monoisotopic (exact) mass is 372 g/mol. The van der Waals surface area contributed by atoms with Gasteiger partial charge in [0.15, 0.2) is 0 Å². The second-order valence-corrected chi connectivity index (χ2v) is 17.5. The van der Waals surface area contributed by atoms with Crippen LogP contribution in [0.1, 0.15) is 33.4 Å². The van der Waals surface area contributed by atoms with Gasteiger partial charge in [0, 0.05) is 0 Å². The molecule has 0 atom stereocenters. The van der Waals surface area contributed by atoms with Crippen molar-refractivity contribution in [2.75, 3.05) is 0 Å². The normalized spacial score (nSPS) is 11.0. The molecule has 0 aliphatic carbocycles. The molecule has 0 radical (unpaired) electrons. The molecule has 0 nitrogen and oxygen atoms in total. The average Bonchev–Trinajstić information content (AvgIpc) is 2.34. The number of hydrogen-bond donors (Lipinski definition) is 0. The molecule has 0 saturated carbocycles. The molecule has 2 rings (SSSR count). The first-order valence-corrected chi connectivity index (χ1v) is 16.1. The summed E-state index contributed by atoms with van der Waals surface area (Å²) in [6.07, 6.45) is 0.